The van der Waals surface area contributed by atoms with Crippen LogP contribution < -0.4 is 5.32 Å². The summed E-state index contributed by atoms with van der Waals surface area (Å²) in [6, 6.07) is 0. The van der Waals surface area contributed by atoms with Crippen molar-refractivity contribution in [3.63, 3.8) is 0 Å². The number of allylic oxidation sites excluding steroid dienone is 4. The van der Waals surface area contributed by atoms with Gasteiger partial charge in [0.25, 0.3) is 0 Å². The molecular weight excluding hydrogens is 198 g/mol. The van der Waals surface area contributed by atoms with Crippen LogP contribution in [0.1, 0.15) is 27.2 Å². The molecule has 0 atom stereocenters. The van der Waals surface area contributed by atoms with Crippen molar-refractivity contribution in [2.45, 2.75) is 27.2 Å². The molecule has 0 radical (unpaired) electrons. The third-order valence-electron chi connectivity index (χ3n) is 2.20. The van der Waals surface area contributed by atoms with Gasteiger partial charge in [0, 0.05) is 13.5 Å². The topological polar surface area (TPSA) is 21.3 Å². The van der Waals surface area contributed by atoms with E-state index in [1.54, 1.807) is 0 Å². The van der Waals surface area contributed by atoms with Gasteiger partial charge in [-0.05, 0) is 29.8 Å². The van der Waals surface area contributed by atoms with Crippen LogP contribution in [0.25, 0.3) is 0 Å². The molecule has 2 nitrogen and oxygen atoms in total. The molecule has 0 amide bonds. The smallest absolute Gasteiger partial charge is 0.122 e. The Morgan fingerprint density at radius 1 is 1.38 bits per heavy atom. The summed E-state index contributed by atoms with van der Waals surface area (Å²) in [6.45, 7) is 14.0. The minimum absolute atomic E-state index is 0.360. The van der Waals surface area contributed by atoms with E-state index in [0.29, 0.717) is 11.7 Å². The number of rotatable bonds is 7. The second kappa shape index (κ2) is 7.80. The van der Waals surface area contributed by atoms with Gasteiger partial charge in [-0.2, -0.15) is 0 Å². The van der Waals surface area contributed by atoms with Crippen molar-refractivity contribution in [3.8, 4) is 0 Å². The van der Waals surface area contributed by atoms with Crippen molar-refractivity contribution in [2.24, 2.45) is 5.92 Å². The third-order valence-corrected chi connectivity index (χ3v) is 2.20. The van der Waals surface area contributed by atoms with Gasteiger partial charge in [0.2, 0.25) is 0 Å². The Hall–Kier alpha value is -1.44. The van der Waals surface area contributed by atoms with Crippen molar-refractivity contribution >= 4 is 0 Å². The van der Waals surface area contributed by atoms with E-state index in [1.807, 2.05) is 32.3 Å². The molecule has 0 fully saturated rings. The van der Waals surface area contributed by atoms with Gasteiger partial charge in [0.15, 0.2) is 0 Å². The van der Waals surface area contributed by atoms with Crippen molar-refractivity contribution in [2.75, 3.05) is 7.05 Å². The Morgan fingerprint density at radius 2 is 2.00 bits per heavy atom. The maximum atomic E-state index is 5.66. The van der Waals surface area contributed by atoms with Crippen LogP contribution in [0.3, 0.4) is 0 Å². The molecule has 0 aromatic heterocycles. The Labute approximate surface area is 99.4 Å². The highest BCUT2D eigenvalue weighted by Crippen LogP contribution is 2.20. The fraction of sp³-hybridized carbons (Fsp3) is 0.429. The Morgan fingerprint density at radius 3 is 2.44 bits per heavy atom. The van der Waals surface area contributed by atoms with Crippen molar-refractivity contribution < 1.29 is 4.74 Å². The number of nitrogens with one attached hydrogen (secondary N) is 1. The summed E-state index contributed by atoms with van der Waals surface area (Å²) in [7, 11) is 1.86. The second-order valence-electron chi connectivity index (χ2n) is 3.84. The van der Waals surface area contributed by atoms with Crippen molar-refractivity contribution in [1.82, 2.24) is 5.32 Å². The van der Waals surface area contributed by atoms with Gasteiger partial charge >= 0.3 is 0 Å². The molecule has 0 aromatic rings. The Kier molecular flexibility index (Phi) is 7.10. The van der Waals surface area contributed by atoms with E-state index in [1.165, 1.54) is 0 Å². The summed E-state index contributed by atoms with van der Waals surface area (Å²) in [4.78, 5) is 0. The van der Waals surface area contributed by atoms with Crippen molar-refractivity contribution in [3.05, 3.63) is 48.6 Å². The first-order chi connectivity index (χ1) is 7.52. The second-order valence-corrected chi connectivity index (χ2v) is 3.84. The van der Waals surface area contributed by atoms with E-state index in [0.717, 1.165) is 17.8 Å². The highest BCUT2D eigenvalue weighted by atomic mass is 16.5. The van der Waals surface area contributed by atoms with Gasteiger partial charge in [-0.3, -0.25) is 0 Å². The molecule has 0 heterocycles. The predicted octanol–water partition coefficient (Wildman–Crippen LogP) is 3.76. The minimum atomic E-state index is 0.360. The molecule has 0 aliphatic carbocycles. The van der Waals surface area contributed by atoms with Gasteiger partial charge in [0.05, 0.1) is 0 Å². The summed E-state index contributed by atoms with van der Waals surface area (Å²) in [5.74, 6) is 1.90. The van der Waals surface area contributed by atoms with Crippen LogP contribution in [-0.2, 0) is 4.74 Å². The zero-order valence-electron chi connectivity index (χ0n) is 10.8. The first-order valence-corrected chi connectivity index (χ1v) is 5.61. The van der Waals surface area contributed by atoms with Gasteiger partial charge in [-0.15, -0.1) is 0 Å². The van der Waals surface area contributed by atoms with Crippen molar-refractivity contribution in [1.29, 1.82) is 0 Å². The molecule has 2 heteroatoms. The van der Waals surface area contributed by atoms with E-state index in [9.17, 15) is 0 Å². The first kappa shape index (κ1) is 14.6. The van der Waals surface area contributed by atoms with E-state index in [2.05, 4.69) is 32.3 Å². The lowest BCUT2D eigenvalue weighted by Gasteiger charge is -2.15. The average Bonchev–Trinajstić information content (AvgIpc) is 2.26. The van der Waals surface area contributed by atoms with E-state index >= 15 is 0 Å². The molecule has 0 spiro atoms. The summed E-state index contributed by atoms with van der Waals surface area (Å²) in [5.41, 5.74) is 0.942. The molecule has 0 saturated heterocycles. The summed E-state index contributed by atoms with van der Waals surface area (Å²) in [5, 5.41) is 2.92. The molecule has 16 heavy (non-hydrogen) atoms. The quantitative estimate of drug-likeness (QED) is 0.522. The highest BCUT2D eigenvalue weighted by molar-refractivity contribution is 5.23. The highest BCUT2D eigenvalue weighted by Gasteiger charge is 2.07. The molecule has 0 rings (SSSR count). The fourth-order valence-corrected chi connectivity index (χ4v) is 1.02. The van der Waals surface area contributed by atoms with Crippen LogP contribution in [0, 0.1) is 5.92 Å². The Bertz CT molecular complexity index is 298. The van der Waals surface area contributed by atoms with Gasteiger partial charge in [-0.1, -0.05) is 33.9 Å². The van der Waals surface area contributed by atoms with Gasteiger partial charge in [-0.25, -0.2) is 0 Å². The summed E-state index contributed by atoms with van der Waals surface area (Å²) in [6.07, 6.45) is 6.51. The lowest BCUT2D eigenvalue weighted by atomic mass is 10.0. The fourth-order valence-electron chi connectivity index (χ4n) is 1.02. The molecule has 0 aromatic carbocycles. The summed E-state index contributed by atoms with van der Waals surface area (Å²) < 4.78 is 5.66. The molecule has 0 saturated carbocycles. The normalized spacial score (nSPS) is 11.9. The lowest BCUT2D eigenvalue weighted by molar-refractivity contribution is 0.299. The molecule has 0 bridgehead atoms. The first-order valence-electron chi connectivity index (χ1n) is 5.61. The van der Waals surface area contributed by atoms with Crippen LogP contribution in [0.4, 0.5) is 0 Å². The third kappa shape index (κ3) is 5.44. The largest absolute Gasteiger partial charge is 0.462 e. The maximum absolute atomic E-state index is 5.66. The monoisotopic (exact) mass is 221 g/mol. The number of ether oxygens (including phenoxy) is 1. The molecule has 90 valence electrons. The van der Waals surface area contributed by atoms with E-state index in [-0.39, 0.29) is 0 Å². The maximum Gasteiger partial charge on any atom is 0.122 e. The summed E-state index contributed by atoms with van der Waals surface area (Å²) >= 11 is 0. The molecule has 0 aliphatic heterocycles. The zero-order valence-corrected chi connectivity index (χ0v) is 10.8. The number of hydrogen-bond acceptors (Lipinski definition) is 2. The molecule has 0 aliphatic rings. The van der Waals surface area contributed by atoms with Gasteiger partial charge < -0.3 is 10.1 Å². The standard InChI is InChI=1S/C14H23NO/c1-7-14(9-8-10-15-6)16-13(5)12(4)11(2)3/h8-11,15H,4-5,7H2,1-3,6H3/b10-8-,14-9+. The van der Waals surface area contributed by atoms with Crippen LogP contribution in [0.2, 0.25) is 0 Å². The molecule has 0 unspecified atom stereocenters. The van der Waals surface area contributed by atoms with E-state index in [4.69, 9.17) is 4.74 Å². The van der Waals surface area contributed by atoms with Crippen LogP contribution in [-0.4, -0.2) is 7.05 Å². The molecule has 1 N–H and O–H groups in total. The lowest BCUT2D eigenvalue weighted by Crippen LogP contribution is -2.00. The van der Waals surface area contributed by atoms with Crippen LogP contribution >= 0.6 is 0 Å². The average molecular weight is 221 g/mol. The minimum Gasteiger partial charge on any atom is -0.462 e. The van der Waals surface area contributed by atoms with Crippen LogP contribution in [0.15, 0.2) is 48.6 Å². The molecular formula is C14H23NO. The SMILES string of the molecule is C=C(O/C(=C/C=C\NC)CC)C(=C)C(C)C. The number of hydrogen-bond donors (Lipinski definition) is 1. The van der Waals surface area contributed by atoms with Gasteiger partial charge in [0.1, 0.15) is 11.5 Å². The predicted molar refractivity (Wildman–Crippen MR) is 70.8 cm³/mol. The zero-order chi connectivity index (χ0) is 12.6. The van der Waals surface area contributed by atoms with E-state index < -0.39 is 0 Å². The van der Waals surface area contributed by atoms with Crippen LogP contribution in [0.5, 0.6) is 0 Å². The Balaban J connectivity index is 4.44.